The summed E-state index contributed by atoms with van der Waals surface area (Å²) in [6.07, 6.45) is 0.591. The van der Waals surface area contributed by atoms with Crippen LogP contribution in [0.15, 0.2) is 22.7 Å². The van der Waals surface area contributed by atoms with Crippen LogP contribution in [-0.2, 0) is 4.79 Å². The number of carboxylic acids is 1. The van der Waals surface area contributed by atoms with Crippen LogP contribution in [0.2, 0.25) is 0 Å². The van der Waals surface area contributed by atoms with E-state index >= 15 is 0 Å². The minimum Gasteiger partial charge on any atom is -0.478 e. The molecule has 3 N–H and O–H groups in total. The molecule has 0 radical (unpaired) electrons. The fourth-order valence-electron chi connectivity index (χ4n) is 1.81. The molecule has 1 unspecified atom stereocenters. The van der Waals surface area contributed by atoms with Gasteiger partial charge in [0.15, 0.2) is 0 Å². The zero-order valence-electron chi connectivity index (χ0n) is 8.89. The number of carboxylic acid groups (broad SMARTS) is 1. The van der Waals surface area contributed by atoms with Crippen molar-refractivity contribution in [3.05, 3.63) is 28.2 Å². The number of hydrogen-bond donors (Lipinski definition) is 2. The van der Waals surface area contributed by atoms with Gasteiger partial charge in [-0.2, -0.15) is 0 Å². The van der Waals surface area contributed by atoms with Gasteiger partial charge in [-0.25, -0.2) is 4.79 Å². The number of carbonyl (C=O) groups is 2. The van der Waals surface area contributed by atoms with Gasteiger partial charge in [0, 0.05) is 16.7 Å². The fourth-order valence-corrected chi connectivity index (χ4v) is 2.29. The van der Waals surface area contributed by atoms with Gasteiger partial charge >= 0.3 is 5.97 Å². The Bertz CT molecular complexity index is 490. The molecular weight excluding hydrogens is 288 g/mol. The molecular formula is C11H11BrN2O3. The van der Waals surface area contributed by atoms with E-state index in [0.29, 0.717) is 23.1 Å². The Hall–Kier alpha value is -1.40. The smallest absolute Gasteiger partial charge is 0.335 e. The fraction of sp³-hybridized carbons (Fsp3) is 0.273. The predicted octanol–water partition coefficient (Wildman–Crippen LogP) is 1.21. The van der Waals surface area contributed by atoms with Crippen LogP contribution in [0, 0.1) is 0 Å². The minimum absolute atomic E-state index is 0.141. The lowest BCUT2D eigenvalue weighted by Gasteiger charge is -2.17. The van der Waals surface area contributed by atoms with E-state index < -0.39 is 12.0 Å². The zero-order valence-corrected chi connectivity index (χ0v) is 10.5. The van der Waals surface area contributed by atoms with E-state index in [-0.39, 0.29) is 11.5 Å². The first kappa shape index (κ1) is 12.1. The van der Waals surface area contributed by atoms with Gasteiger partial charge in [0.05, 0.1) is 11.6 Å². The summed E-state index contributed by atoms with van der Waals surface area (Å²) in [6.45, 7) is 0.523. The molecule has 2 rings (SSSR count). The van der Waals surface area contributed by atoms with Crippen molar-refractivity contribution in [3.8, 4) is 0 Å². The van der Waals surface area contributed by atoms with E-state index in [1.807, 2.05) is 0 Å². The standard InChI is InChI=1S/C11H11BrN2O3/c12-7-3-6(11(16)17)4-8(5-7)14-2-1-9(13)10(14)15/h3-5,9H,1-2,13H2,(H,16,17). The molecule has 1 fully saturated rings. The van der Waals surface area contributed by atoms with E-state index in [4.69, 9.17) is 10.8 Å². The van der Waals surface area contributed by atoms with Crippen molar-refractivity contribution in [2.24, 2.45) is 5.73 Å². The maximum atomic E-state index is 11.7. The monoisotopic (exact) mass is 298 g/mol. The molecule has 1 heterocycles. The molecule has 1 aliphatic heterocycles. The highest BCUT2D eigenvalue weighted by Crippen LogP contribution is 2.26. The molecule has 0 spiro atoms. The number of halogens is 1. The van der Waals surface area contributed by atoms with E-state index in [1.165, 1.54) is 17.0 Å². The quantitative estimate of drug-likeness (QED) is 0.860. The summed E-state index contributed by atoms with van der Waals surface area (Å²) in [4.78, 5) is 24.2. The van der Waals surface area contributed by atoms with Crippen LogP contribution < -0.4 is 10.6 Å². The van der Waals surface area contributed by atoms with Gasteiger partial charge in [0.2, 0.25) is 5.91 Å². The summed E-state index contributed by atoms with van der Waals surface area (Å²) >= 11 is 3.23. The zero-order chi connectivity index (χ0) is 12.6. The number of aromatic carboxylic acids is 1. The molecule has 1 saturated heterocycles. The molecule has 1 atom stereocenters. The number of amides is 1. The van der Waals surface area contributed by atoms with Crippen LogP contribution in [0.5, 0.6) is 0 Å². The number of anilines is 1. The van der Waals surface area contributed by atoms with Crippen LogP contribution in [0.4, 0.5) is 5.69 Å². The van der Waals surface area contributed by atoms with E-state index in [0.717, 1.165) is 0 Å². The SMILES string of the molecule is NC1CCN(c2cc(Br)cc(C(=O)O)c2)C1=O. The van der Waals surface area contributed by atoms with Crippen molar-refractivity contribution >= 4 is 33.5 Å². The summed E-state index contributed by atoms with van der Waals surface area (Å²) in [5, 5.41) is 8.95. The highest BCUT2D eigenvalue weighted by molar-refractivity contribution is 9.10. The summed E-state index contributed by atoms with van der Waals surface area (Å²) in [5.41, 5.74) is 6.33. The number of nitrogens with zero attached hydrogens (tertiary/aromatic N) is 1. The highest BCUT2D eigenvalue weighted by Gasteiger charge is 2.30. The third-order valence-electron chi connectivity index (χ3n) is 2.69. The first-order chi connectivity index (χ1) is 7.99. The van der Waals surface area contributed by atoms with Crippen molar-refractivity contribution in [2.75, 3.05) is 11.4 Å². The van der Waals surface area contributed by atoms with Crippen molar-refractivity contribution in [3.63, 3.8) is 0 Å². The molecule has 1 aromatic carbocycles. The first-order valence-corrected chi connectivity index (χ1v) is 5.89. The van der Waals surface area contributed by atoms with E-state index in [1.54, 1.807) is 6.07 Å². The Balaban J connectivity index is 2.39. The number of carbonyl (C=O) groups excluding carboxylic acids is 1. The lowest BCUT2D eigenvalue weighted by Crippen LogP contribution is -2.34. The van der Waals surface area contributed by atoms with Crippen LogP contribution in [0.25, 0.3) is 0 Å². The molecule has 17 heavy (non-hydrogen) atoms. The normalized spacial score (nSPS) is 19.8. The van der Waals surface area contributed by atoms with Crippen molar-refractivity contribution in [2.45, 2.75) is 12.5 Å². The summed E-state index contributed by atoms with van der Waals surface area (Å²) in [5.74, 6) is -1.19. The minimum atomic E-state index is -1.02. The molecule has 0 aromatic heterocycles. The maximum Gasteiger partial charge on any atom is 0.335 e. The van der Waals surface area contributed by atoms with Gasteiger partial charge < -0.3 is 15.7 Å². The predicted molar refractivity (Wildman–Crippen MR) is 66.0 cm³/mol. The molecule has 1 amide bonds. The third kappa shape index (κ3) is 2.32. The Labute approximate surface area is 106 Å². The van der Waals surface area contributed by atoms with Gasteiger partial charge in [-0.3, -0.25) is 4.79 Å². The maximum absolute atomic E-state index is 11.7. The lowest BCUT2D eigenvalue weighted by molar-refractivity contribution is -0.118. The second-order valence-electron chi connectivity index (χ2n) is 3.89. The molecule has 0 aliphatic carbocycles. The topological polar surface area (TPSA) is 83.6 Å². The van der Waals surface area contributed by atoms with Gasteiger partial charge in [-0.1, -0.05) is 15.9 Å². The molecule has 5 nitrogen and oxygen atoms in total. The van der Waals surface area contributed by atoms with Crippen molar-refractivity contribution < 1.29 is 14.7 Å². The third-order valence-corrected chi connectivity index (χ3v) is 3.15. The Kier molecular flexibility index (Phi) is 3.17. The molecule has 0 saturated carbocycles. The highest BCUT2D eigenvalue weighted by atomic mass is 79.9. The number of rotatable bonds is 2. The number of hydrogen-bond acceptors (Lipinski definition) is 3. The molecule has 90 valence electrons. The first-order valence-electron chi connectivity index (χ1n) is 5.10. The molecule has 1 aliphatic rings. The summed E-state index contributed by atoms with van der Waals surface area (Å²) in [7, 11) is 0. The Morgan fingerprint density at radius 3 is 2.71 bits per heavy atom. The molecule has 0 bridgehead atoms. The second kappa shape index (κ2) is 4.46. The summed E-state index contributed by atoms with van der Waals surface area (Å²) < 4.78 is 0.626. The van der Waals surface area contributed by atoms with Crippen molar-refractivity contribution in [1.29, 1.82) is 0 Å². The van der Waals surface area contributed by atoms with Crippen LogP contribution in [0.1, 0.15) is 16.8 Å². The number of nitrogens with two attached hydrogens (primary N) is 1. The van der Waals surface area contributed by atoms with Gasteiger partial charge in [-0.15, -0.1) is 0 Å². The number of benzene rings is 1. The Morgan fingerprint density at radius 1 is 1.47 bits per heavy atom. The second-order valence-corrected chi connectivity index (χ2v) is 4.80. The average molecular weight is 299 g/mol. The largest absolute Gasteiger partial charge is 0.478 e. The Morgan fingerprint density at radius 2 is 2.18 bits per heavy atom. The lowest BCUT2D eigenvalue weighted by atomic mass is 10.2. The van der Waals surface area contributed by atoms with Gasteiger partial charge in [-0.05, 0) is 24.6 Å². The van der Waals surface area contributed by atoms with Crippen LogP contribution >= 0.6 is 15.9 Å². The summed E-state index contributed by atoms with van der Waals surface area (Å²) in [6, 6.07) is 4.19. The molecule has 6 heteroatoms. The van der Waals surface area contributed by atoms with E-state index in [2.05, 4.69) is 15.9 Å². The molecule has 1 aromatic rings. The van der Waals surface area contributed by atoms with Gasteiger partial charge in [0.25, 0.3) is 0 Å². The van der Waals surface area contributed by atoms with Crippen LogP contribution in [0.3, 0.4) is 0 Å². The van der Waals surface area contributed by atoms with Crippen molar-refractivity contribution in [1.82, 2.24) is 0 Å². The van der Waals surface area contributed by atoms with Crippen LogP contribution in [-0.4, -0.2) is 29.6 Å². The van der Waals surface area contributed by atoms with Gasteiger partial charge in [0.1, 0.15) is 0 Å². The van der Waals surface area contributed by atoms with E-state index in [9.17, 15) is 9.59 Å². The average Bonchev–Trinajstić information content (AvgIpc) is 2.59.